The van der Waals surface area contributed by atoms with Gasteiger partial charge in [-0.25, -0.2) is 4.79 Å². The van der Waals surface area contributed by atoms with Gasteiger partial charge in [0.15, 0.2) is 0 Å². The summed E-state index contributed by atoms with van der Waals surface area (Å²) in [4.78, 5) is 14.3. The van der Waals surface area contributed by atoms with E-state index in [4.69, 9.17) is 14.5 Å². The zero-order valence-electron chi connectivity index (χ0n) is 8.64. The molecule has 0 fully saturated rings. The molecule has 2 rings (SSSR count). The van der Waals surface area contributed by atoms with Crippen LogP contribution in [0.25, 0.3) is 15.9 Å². The molecule has 0 saturated heterocycles. The van der Waals surface area contributed by atoms with Crippen molar-refractivity contribution in [3.8, 4) is 5.75 Å². The third kappa shape index (κ3) is 1.73. The quantitative estimate of drug-likeness (QED) is 0.571. The third-order valence-electron chi connectivity index (χ3n) is 2.28. The minimum Gasteiger partial charge on any atom is -0.497 e. The summed E-state index contributed by atoms with van der Waals surface area (Å²) in [5, 5.41) is 9.27. The van der Waals surface area contributed by atoms with Crippen molar-refractivity contribution in [3.05, 3.63) is 45.2 Å². The van der Waals surface area contributed by atoms with Gasteiger partial charge in [0.05, 0.1) is 12.7 Å². The second-order valence-electron chi connectivity index (χ2n) is 3.25. The van der Waals surface area contributed by atoms with Crippen LogP contribution in [0.1, 0.15) is 5.56 Å². The number of nitrogens with zero attached hydrogens (tertiary/aromatic N) is 2. The summed E-state index contributed by atoms with van der Waals surface area (Å²) in [6, 6.07) is 6.45. The smallest absolute Gasteiger partial charge is 0.336 e. The van der Waals surface area contributed by atoms with Gasteiger partial charge in [-0.05, 0) is 12.1 Å². The Kier molecular flexibility index (Phi) is 2.56. The van der Waals surface area contributed by atoms with E-state index in [1.54, 1.807) is 18.2 Å². The minimum absolute atomic E-state index is 0.0639. The van der Waals surface area contributed by atoms with Crippen molar-refractivity contribution in [1.29, 1.82) is 5.39 Å². The first-order valence-corrected chi connectivity index (χ1v) is 4.66. The topological polar surface area (TPSA) is 67.6 Å². The van der Waals surface area contributed by atoms with Crippen molar-refractivity contribution >= 4 is 11.0 Å². The fraction of sp³-hybridized carbons (Fsp3) is 0.182. The SMILES string of the molecule is COc1ccc2c(C[N+]#N)cc(=O)oc2c1. The molecule has 2 aromatic rings. The number of rotatable bonds is 2. The molecule has 1 heterocycles. The van der Waals surface area contributed by atoms with E-state index in [0.29, 0.717) is 16.9 Å². The monoisotopic (exact) mass is 217 g/mol. The van der Waals surface area contributed by atoms with Crippen LogP contribution in [0, 0.1) is 5.39 Å². The fourth-order valence-corrected chi connectivity index (χ4v) is 1.54. The average Bonchev–Trinajstić information content (AvgIpc) is 2.28. The van der Waals surface area contributed by atoms with Crippen molar-refractivity contribution in [2.45, 2.75) is 6.54 Å². The van der Waals surface area contributed by atoms with Crippen molar-refractivity contribution < 1.29 is 9.15 Å². The van der Waals surface area contributed by atoms with Crippen LogP contribution in [-0.4, -0.2) is 7.11 Å². The Morgan fingerprint density at radius 2 is 2.25 bits per heavy atom. The normalized spacial score (nSPS) is 10.0. The van der Waals surface area contributed by atoms with Crippen LogP contribution in [-0.2, 0) is 6.54 Å². The molecule has 0 aliphatic rings. The predicted molar refractivity (Wildman–Crippen MR) is 57.8 cm³/mol. The van der Waals surface area contributed by atoms with Crippen LogP contribution in [0.2, 0.25) is 0 Å². The molecule has 0 atom stereocenters. The van der Waals surface area contributed by atoms with Gasteiger partial charge in [-0.3, -0.25) is 0 Å². The molecule has 0 saturated carbocycles. The summed E-state index contributed by atoms with van der Waals surface area (Å²) in [7, 11) is 1.53. The van der Waals surface area contributed by atoms with Gasteiger partial charge in [-0.1, -0.05) is 0 Å². The van der Waals surface area contributed by atoms with Gasteiger partial charge < -0.3 is 9.15 Å². The lowest BCUT2D eigenvalue weighted by Crippen LogP contribution is -1.99. The largest absolute Gasteiger partial charge is 0.497 e. The van der Waals surface area contributed by atoms with Crippen LogP contribution < -0.4 is 10.4 Å². The van der Waals surface area contributed by atoms with E-state index in [2.05, 4.69) is 4.98 Å². The highest BCUT2D eigenvalue weighted by molar-refractivity contribution is 5.81. The molecule has 1 aromatic carbocycles. The summed E-state index contributed by atoms with van der Waals surface area (Å²) in [6.07, 6.45) is 0. The minimum atomic E-state index is -0.473. The standard InChI is InChI=1S/C11H9N2O3/c1-15-8-2-3-9-7(6-13-12)4-11(14)16-10(9)5-8/h2-5H,6H2,1H3/q+1. The molecule has 0 aliphatic carbocycles. The van der Waals surface area contributed by atoms with Gasteiger partial charge in [-0.15, -0.1) is 0 Å². The molecule has 0 spiro atoms. The van der Waals surface area contributed by atoms with Crippen LogP contribution in [0.3, 0.4) is 0 Å². The third-order valence-corrected chi connectivity index (χ3v) is 2.28. The van der Waals surface area contributed by atoms with E-state index in [9.17, 15) is 4.79 Å². The Morgan fingerprint density at radius 3 is 2.94 bits per heavy atom. The maximum absolute atomic E-state index is 11.2. The van der Waals surface area contributed by atoms with Gasteiger partial charge in [0.2, 0.25) is 5.39 Å². The fourth-order valence-electron chi connectivity index (χ4n) is 1.54. The highest BCUT2D eigenvalue weighted by Gasteiger charge is 2.10. The highest BCUT2D eigenvalue weighted by atomic mass is 16.5. The summed E-state index contributed by atoms with van der Waals surface area (Å²) in [6.45, 7) is 0.0639. The zero-order valence-corrected chi connectivity index (χ0v) is 8.64. The van der Waals surface area contributed by atoms with Gasteiger partial charge >= 0.3 is 12.2 Å². The van der Waals surface area contributed by atoms with Crippen LogP contribution >= 0.6 is 0 Å². The number of diazo groups is 1. The predicted octanol–water partition coefficient (Wildman–Crippen LogP) is 2.15. The van der Waals surface area contributed by atoms with Crippen LogP contribution in [0.15, 0.2) is 33.5 Å². The lowest BCUT2D eigenvalue weighted by molar-refractivity contribution is 0.414. The first-order chi connectivity index (χ1) is 7.74. The summed E-state index contributed by atoms with van der Waals surface area (Å²) >= 11 is 0. The second kappa shape index (κ2) is 4.03. The Morgan fingerprint density at radius 1 is 1.44 bits per heavy atom. The molecule has 0 bridgehead atoms. The van der Waals surface area contributed by atoms with Crippen LogP contribution in [0.4, 0.5) is 0 Å². The molecule has 0 N–H and O–H groups in total. The molecular formula is C11H9N2O3+. The number of methoxy groups -OCH3 is 1. The number of benzene rings is 1. The Hall–Kier alpha value is -2.35. The van der Waals surface area contributed by atoms with E-state index in [1.807, 2.05) is 0 Å². The average molecular weight is 217 g/mol. The van der Waals surface area contributed by atoms with E-state index in [0.717, 1.165) is 5.39 Å². The second-order valence-corrected chi connectivity index (χ2v) is 3.25. The first-order valence-electron chi connectivity index (χ1n) is 4.66. The number of hydrogen-bond acceptors (Lipinski definition) is 4. The highest BCUT2D eigenvalue weighted by Crippen LogP contribution is 2.22. The Labute approximate surface area is 90.9 Å². The number of hydrogen-bond donors (Lipinski definition) is 0. The van der Waals surface area contributed by atoms with Gasteiger partial charge in [0.25, 0.3) is 0 Å². The molecule has 1 aromatic heterocycles. The molecule has 80 valence electrons. The molecule has 5 nitrogen and oxygen atoms in total. The lowest BCUT2D eigenvalue weighted by Gasteiger charge is -2.02. The number of ether oxygens (including phenoxy) is 1. The Bertz CT molecular complexity index is 625. The van der Waals surface area contributed by atoms with Crippen molar-refractivity contribution in [3.63, 3.8) is 0 Å². The molecule has 0 amide bonds. The van der Waals surface area contributed by atoms with Gasteiger partial charge in [0.1, 0.15) is 16.3 Å². The van der Waals surface area contributed by atoms with Gasteiger partial charge in [-0.2, -0.15) is 0 Å². The maximum atomic E-state index is 11.2. The first kappa shape index (κ1) is 10.2. The van der Waals surface area contributed by atoms with E-state index < -0.39 is 5.63 Å². The number of fused-ring (bicyclic) bond motifs is 1. The van der Waals surface area contributed by atoms with Crippen molar-refractivity contribution in [2.75, 3.05) is 7.11 Å². The van der Waals surface area contributed by atoms with Crippen molar-refractivity contribution in [1.82, 2.24) is 0 Å². The lowest BCUT2D eigenvalue weighted by atomic mass is 10.1. The molecule has 0 unspecified atom stereocenters. The molecule has 0 radical (unpaired) electrons. The summed E-state index contributed by atoms with van der Waals surface area (Å²) < 4.78 is 10.1. The molecule has 5 heteroatoms. The van der Waals surface area contributed by atoms with Gasteiger partial charge in [0, 0.05) is 17.5 Å². The van der Waals surface area contributed by atoms with E-state index in [-0.39, 0.29) is 6.54 Å². The Balaban J connectivity index is 2.74. The van der Waals surface area contributed by atoms with Crippen LogP contribution in [0.5, 0.6) is 5.75 Å². The molecule has 16 heavy (non-hydrogen) atoms. The van der Waals surface area contributed by atoms with Crippen molar-refractivity contribution in [2.24, 2.45) is 0 Å². The summed E-state index contributed by atoms with van der Waals surface area (Å²) in [5.74, 6) is 0.605. The van der Waals surface area contributed by atoms with E-state index >= 15 is 0 Å². The molecule has 0 aliphatic heterocycles. The van der Waals surface area contributed by atoms with E-state index in [1.165, 1.54) is 13.2 Å². The zero-order chi connectivity index (χ0) is 11.5. The maximum Gasteiger partial charge on any atom is 0.336 e. The molecular weight excluding hydrogens is 208 g/mol. The summed E-state index contributed by atoms with van der Waals surface area (Å²) in [5.41, 5.74) is 0.571.